The Morgan fingerprint density at radius 1 is 1.23 bits per heavy atom. The second kappa shape index (κ2) is 8.95. The van der Waals surface area contributed by atoms with Gasteiger partial charge in [-0.15, -0.1) is 0 Å². The van der Waals surface area contributed by atoms with Gasteiger partial charge in [0.05, 0.1) is 28.8 Å². The van der Waals surface area contributed by atoms with Gasteiger partial charge in [-0.25, -0.2) is 9.59 Å². The summed E-state index contributed by atoms with van der Waals surface area (Å²) in [5.41, 5.74) is 1.23. The Bertz CT molecular complexity index is 1200. The molecule has 0 saturated carbocycles. The van der Waals surface area contributed by atoms with Crippen molar-refractivity contribution in [1.29, 1.82) is 0 Å². The van der Waals surface area contributed by atoms with E-state index < -0.39 is 22.4 Å². The fourth-order valence-corrected chi connectivity index (χ4v) is 3.90. The Labute approximate surface area is 181 Å². The second-order valence-electron chi connectivity index (χ2n) is 6.87. The monoisotopic (exact) mass is 475 g/mol. The molecule has 0 aliphatic heterocycles. The summed E-state index contributed by atoms with van der Waals surface area (Å²) in [4.78, 5) is 41.2. The predicted octanol–water partition coefficient (Wildman–Crippen LogP) is 4.60. The maximum Gasteiger partial charge on any atom is 0.346 e. The van der Waals surface area contributed by atoms with Crippen molar-refractivity contribution in [1.82, 2.24) is 4.98 Å². The summed E-state index contributed by atoms with van der Waals surface area (Å²) in [6.45, 7) is 7.27. The van der Waals surface area contributed by atoms with Gasteiger partial charge >= 0.3 is 17.6 Å². The van der Waals surface area contributed by atoms with Crippen molar-refractivity contribution in [3.63, 3.8) is 0 Å². The number of aromatic nitrogens is 1. The number of halogens is 1. The number of esters is 2. The summed E-state index contributed by atoms with van der Waals surface area (Å²) >= 11 is 3.30. The van der Waals surface area contributed by atoms with Gasteiger partial charge in [-0.1, -0.05) is 29.3 Å². The van der Waals surface area contributed by atoms with E-state index in [1.165, 1.54) is 6.07 Å². The molecule has 0 amide bonds. The van der Waals surface area contributed by atoms with E-state index in [-0.39, 0.29) is 28.9 Å². The van der Waals surface area contributed by atoms with Crippen LogP contribution in [0.25, 0.3) is 21.9 Å². The van der Waals surface area contributed by atoms with Crippen molar-refractivity contribution >= 4 is 49.7 Å². The van der Waals surface area contributed by atoms with Gasteiger partial charge in [0, 0.05) is 11.5 Å². The summed E-state index contributed by atoms with van der Waals surface area (Å²) in [5, 5.41) is 0.805. The number of hydrogen-bond acceptors (Lipinski definition) is 7. The number of carbonyl (C=O) groups is 2. The van der Waals surface area contributed by atoms with Crippen molar-refractivity contribution in [3.8, 4) is 5.75 Å². The summed E-state index contributed by atoms with van der Waals surface area (Å²) in [6, 6.07) is 4.80. The van der Waals surface area contributed by atoms with Gasteiger partial charge in [0.15, 0.2) is 0 Å². The molecule has 2 heterocycles. The third-order valence-electron chi connectivity index (χ3n) is 4.74. The molecule has 158 valence electrons. The highest BCUT2D eigenvalue weighted by Crippen LogP contribution is 2.29. The van der Waals surface area contributed by atoms with Crippen LogP contribution < -0.4 is 10.4 Å². The minimum absolute atomic E-state index is 0.219. The van der Waals surface area contributed by atoms with E-state index in [2.05, 4.69) is 20.9 Å². The van der Waals surface area contributed by atoms with Crippen molar-refractivity contribution < 1.29 is 23.5 Å². The van der Waals surface area contributed by atoms with E-state index >= 15 is 0 Å². The Kier molecular flexibility index (Phi) is 6.55. The van der Waals surface area contributed by atoms with Crippen LogP contribution in [0.3, 0.4) is 0 Å². The highest BCUT2D eigenvalue weighted by molar-refractivity contribution is 9.10. The van der Waals surface area contributed by atoms with E-state index in [1.54, 1.807) is 32.9 Å². The van der Waals surface area contributed by atoms with E-state index in [0.717, 1.165) is 6.42 Å². The van der Waals surface area contributed by atoms with E-state index in [0.29, 0.717) is 28.6 Å². The number of aryl methyl sites for hydroxylation is 2. The lowest BCUT2D eigenvalue weighted by atomic mass is 10.0. The van der Waals surface area contributed by atoms with Crippen LogP contribution in [-0.2, 0) is 9.53 Å². The largest absolute Gasteiger partial charge is 0.462 e. The summed E-state index contributed by atoms with van der Waals surface area (Å²) in [7, 11) is 0. The van der Waals surface area contributed by atoms with Crippen LogP contribution in [-0.4, -0.2) is 28.4 Å². The summed E-state index contributed by atoms with van der Waals surface area (Å²) in [5.74, 6) is -0.671. The van der Waals surface area contributed by atoms with E-state index in [4.69, 9.17) is 13.9 Å². The van der Waals surface area contributed by atoms with Crippen molar-refractivity contribution in [2.75, 3.05) is 6.61 Å². The molecular weight excluding hydrogens is 454 g/mol. The van der Waals surface area contributed by atoms with Crippen molar-refractivity contribution in [3.05, 3.63) is 45.4 Å². The topological polar surface area (TPSA) is 95.7 Å². The van der Waals surface area contributed by atoms with Gasteiger partial charge in [0.2, 0.25) is 0 Å². The minimum atomic E-state index is -0.624. The van der Waals surface area contributed by atoms with Gasteiger partial charge < -0.3 is 13.9 Å². The molecule has 3 aromatic rings. The molecule has 2 aromatic heterocycles. The first-order valence-corrected chi connectivity index (χ1v) is 10.6. The standard InChI is InChI=1S/C22H22BrNO6/c1-5-7-15(23)20(25)29-13-8-9-14-16(10-13)30-22(27)18-11(3)17(21(26)28-6-2)12(4)24-19(14)18/h8-10,15H,5-7H2,1-4H3. The molecule has 0 spiro atoms. The minimum Gasteiger partial charge on any atom is -0.462 e. The van der Waals surface area contributed by atoms with Crippen molar-refractivity contribution in [2.24, 2.45) is 0 Å². The Balaban J connectivity index is 2.13. The molecule has 1 unspecified atom stereocenters. The Morgan fingerprint density at radius 3 is 2.63 bits per heavy atom. The number of alkyl halides is 1. The summed E-state index contributed by atoms with van der Waals surface area (Å²) in [6.07, 6.45) is 1.49. The van der Waals surface area contributed by atoms with Crippen LogP contribution >= 0.6 is 15.9 Å². The molecule has 0 aliphatic rings. The molecule has 1 aromatic carbocycles. The van der Waals surface area contributed by atoms with E-state index in [9.17, 15) is 14.4 Å². The third-order valence-corrected chi connectivity index (χ3v) is 5.57. The normalized spacial score (nSPS) is 12.2. The third kappa shape index (κ3) is 4.09. The average Bonchev–Trinajstić information content (AvgIpc) is 2.67. The maximum atomic E-state index is 12.7. The number of rotatable bonds is 6. The number of ether oxygens (including phenoxy) is 2. The number of nitrogens with zero attached hydrogens (tertiary/aromatic N) is 1. The zero-order valence-corrected chi connectivity index (χ0v) is 18.8. The van der Waals surface area contributed by atoms with Gasteiger partial charge in [0.1, 0.15) is 16.2 Å². The van der Waals surface area contributed by atoms with Crippen LogP contribution in [0.2, 0.25) is 0 Å². The zero-order valence-electron chi connectivity index (χ0n) is 17.2. The number of pyridine rings is 1. The quantitative estimate of drug-likeness (QED) is 0.169. The zero-order chi connectivity index (χ0) is 22.0. The molecule has 0 radical (unpaired) electrons. The van der Waals surface area contributed by atoms with Crippen LogP contribution in [0, 0.1) is 13.8 Å². The lowest BCUT2D eigenvalue weighted by Crippen LogP contribution is -2.20. The molecule has 0 bridgehead atoms. The number of hydrogen-bond donors (Lipinski definition) is 0. The lowest BCUT2D eigenvalue weighted by Gasteiger charge is -2.12. The summed E-state index contributed by atoms with van der Waals surface area (Å²) < 4.78 is 15.9. The van der Waals surface area contributed by atoms with Gasteiger partial charge in [-0.05, 0) is 44.9 Å². The average molecular weight is 476 g/mol. The highest BCUT2D eigenvalue weighted by Gasteiger charge is 2.22. The van der Waals surface area contributed by atoms with E-state index in [1.807, 2.05) is 6.92 Å². The number of benzene rings is 1. The van der Waals surface area contributed by atoms with Crippen LogP contribution in [0.15, 0.2) is 27.4 Å². The van der Waals surface area contributed by atoms with Crippen molar-refractivity contribution in [2.45, 2.75) is 45.4 Å². The molecule has 0 fully saturated rings. The number of carbonyl (C=O) groups excluding carboxylic acids is 2. The SMILES string of the molecule is CCCC(Br)C(=O)Oc1ccc2c(c1)oc(=O)c1c(C)c(C(=O)OCC)c(C)nc12. The fraction of sp³-hybridized carbons (Fsp3) is 0.364. The molecule has 8 heteroatoms. The smallest absolute Gasteiger partial charge is 0.346 e. The first-order valence-electron chi connectivity index (χ1n) is 9.69. The Hall–Kier alpha value is -2.74. The predicted molar refractivity (Wildman–Crippen MR) is 116 cm³/mol. The molecule has 0 aliphatic carbocycles. The second-order valence-corrected chi connectivity index (χ2v) is 7.97. The molecular formula is C22H22BrNO6. The highest BCUT2D eigenvalue weighted by atomic mass is 79.9. The van der Waals surface area contributed by atoms with Gasteiger partial charge in [-0.2, -0.15) is 0 Å². The van der Waals surface area contributed by atoms with Crippen LogP contribution in [0.4, 0.5) is 0 Å². The first kappa shape index (κ1) is 22.0. The molecule has 1 atom stereocenters. The van der Waals surface area contributed by atoms with Crippen LogP contribution in [0.1, 0.15) is 48.3 Å². The van der Waals surface area contributed by atoms with Crippen LogP contribution in [0.5, 0.6) is 5.75 Å². The molecule has 3 rings (SSSR count). The lowest BCUT2D eigenvalue weighted by molar-refractivity contribution is -0.133. The molecule has 0 saturated heterocycles. The fourth-order valence-electron chi connectivity index (χ4n) is 3.35. The van der Waals surface area contributed by atoms with Gasteiger partial charge in [-0.3, -0.25) is 9.78 Å². The molecule has 7 nitrogen and oxygen atoms in total. The maximum absolute atomic E-state index is 12.7. The van der Waals surface area contributed by atoms with Gasteiger partial charge in [0.25, 0.3) is 0 Å². The molecule has 0 N–H and O–H groups in total. The first-order chi connectivity index (χ1) is 14.3. The molecule has 30 heavy (non-hydrogen) atoms. The Morgan fingerprint density at radius 2 is 1.97 bits per heavy atom. The number of fused-ring (bicyclic) bond motifs is 3.